The Kier molecular flexibility index (Phi) is 5.52. The minimum Gasteiger partial charge on any atom is -0.311 e. The SMILES string of the molecule is CCCC1CN(Cc2ccc(Cl)cc2Cl)C(C)CN1. The maximum atomic E-state index is 6.27. The Morgan fingerprint density at radius 2 is 2.16 bits per heavy atom. The van der Waals surface area contributed by atoms with Crippen LogP contribution in [-0.4, -0.2) is 30.1 Å². The lowest BCUT2D eigenvalue weighted by atomic mass is 10.0. The molecule has 0 aromatic heterocycles. The molecule has 1 N–H and O–H groups in total. The molecule has 19 heavy (non-hydrogen) atoms. The van der Waals surface area contributed by atoms with Crippen LogP contribution in [0, 0.1) is 0 Å². The van der Waals surface area contributed by atoms with Crippen molar-refractivity contribution in [3.8, 4) is 0 Å². The number of nitrogens with zero attached hydrogens (tertiary/aromatic N) is 1. The van der Waals surface area contributed by atoms with E-state index >= 15 is 0 Å². The molecule has 0 spiro atoms. The first-order valence-electron chi connectivity index (χ1n) is 7.01. The van der Waals surface area contributed by atoms with Gasteiger partial charge in [0, 0.05) is 41.8 Å². The predicted molar refractivity (Wildman–Crippen MR) is 83.0 cm³/mol. The average molecular weight is 301 g/mol. The molecule has 0 aliphatic carbocycles. The van der Waals surface area contributed by atoms with E-state index in [4.69, 9.17) is 23.2 Å². The third-order valence-electron chi connectivity index (χ3n) is 3.81. The van der Waals surface area contributed by atoms with Crippen molar-refractivity contribution in [3.05, 3.63) is 33.8 Å². The van der Waals surface area contributed by atoms with E-state index in [1.807, 2.05) is 18.2 Å². The van der Waals surface area contributed by atoms with Gasteiger partial charge in [0.15, 0.2) is 0 Å². The molecule has 0 radical (unpaired) electrons. The number of benzene rings is 1. The summed E-state index contributed by atoms with van der Waals surface area (Å²) in [6.45, 7) is 7.54. The monoisotopic (exact) mass is 300 g/mol. The van der Waals surface area contributed by atoms with Gasteiger partial charge in [-0.15, -0.1) is 0 Å². The van der Waals surface area contributed by atoms with Gasteiger partial charge in [0.2, 0.25) is 0 Å². The molecule has 1 aromatic carbocycles. The van der Waals surface area contributed by atoms with E-state index < -0.39 is 0 Å². The van der Waals surface area contributed by atoms with Gasteiger partial charge in [0.05, 0.1) is 0 Å². The van der Waals surface area contributed by atoms with Gasteiger partial charge in [0.25, 0.3) is 0 Å². The molecule has 1 aliphatic heterocycles. The highest BCUT2D eigenvalue weighted by Gasteiger charge is 2.24. The fourth-order valence-electron chi connectivity index (χ4n) is 2.62. The molecule has 1 aliphatic rings. The van der Waals surface area contributed by atoms with Crippen molar-refractivity contribution >= 4 is 23.2 Å². The zero-order chi connectivity index (χ0) is 13.8. The van der Waals surface area contributed by atoms with Gasteiger partial charge in [-0.1, -0.05) is 42.6 Å². The van der Waals surface area contributed by atoms with Crippen LogP contribution in [0.1, 0.15) is 32.3 Å². The molecule has 1 saturated heterocycles. The molecule has 106 valence electrons. The lowest BCUT2D eigenvalue weighted by Crippen LogP contribution is -2.54. The van der Waals surface area contributed by atoms with Gasteiger partial charge >= 0.3 is 0 Å². The summed E-state index contributed by atoms with van der Waals surface area (Å²) in [5, 5.41) is 5.08. The van der Waals surface area contributed by atoms with E-state index in [0.29, 0.717) is 17.1 Å². The largest absolute Gasteiger partial charge is 0.311 e. The smallest absolute Gasteiger partial charge is 0.0465 e. The van der Waals surface area contributed by atoms with E-state index in [0.717, 1.165) is 30.2 Å². The molecule has 0 bridgehead atoms. The summed E-state index contributed by atoms with van der Waals surface area (Å²) in [6.07, 6.45) is 2.46. The van der Waals surface area contributed by atoms with Crippen molar-refractivity contribution in [1.82, 2.24) is 10.2 Å². The maximum Gasteiger partial charge on any atom is 0.0465 e. The number of nitrogens with one attached hydrogen (secondary N) is 1. The molecule has 0 saturated carbocycles. The van der Waals surface area contributed by atoms with Gasteiger partial charge in [-0.2, -0.15) is 0 Å². The zero-order valence-corrected chi connectivity index (χ0v) is 13.1. The molecule has 2 unspecified atom stereocenters. The van der Waals surface area contributed by atoms with Crippen LogP contribution in [-0.2, 0) is 6.54 Å². The second kappa shape index (κ2) is 6.94. The Labute approximate surface area is 126 Å². The van der Waals surface area contributed by atoms with Crippen molar-refractivity contribution in [2.75, 3.05) is 13.1 Å². The average Bonchev–Trinajstić information content (AvgIpc) is 2.37. The quantitative estimate of drug-likeness (QED) is 0.905. The summed E-state index contributed by atoms with van der Waals surface area (Å²) in [4.78, 5) is 2.51. The number of rotatable bonds is 4. The van der Waals surface area contributed by atoms with Crippen LogP contribution in [0.2, 0.25) is 10.0 Å². The number of piperazine rings is 1. The Morgan fingerprint density at radius 3 is 2.84 bits per heavy atom. The van der Waals surface area contributed by atoms with Crippen LogP contribution in [0.5, 0.6) is 0 Å². The topological polar surface area (TPSA) is 15.3 Å². The second-order valence-corrected chi connectivity index (χ2v) is 6.25. The molecule has 1 heterocycles. The number of hydrogen-bond donors (Lipinski definition) is 1. The van der Waals surface area contributed by atoms with Crippen LogP contribution in [0.4, 0.5) is 0 Å². The number of halogens is 2. The van der Waals surface area contributed by atoms with Crippen LogP contribution in [0.3, 0.4) is 0 Å². The van der Waals surface area contributed by atoms with Crippen molar-refractivity contribution in [2.24, 2.45) is 0 Å². The summed E-state index contributed by atoms with van der Waals surface area (Å²) in [5.74, 6) is 0. The van der Waals surface area contributed by atoms with Gasteiger partial charge in [0.1, 0.15) is 0 Å². The molecule has 1 fully saturated rings. The van der Waals surface area contributed by atoms with Crippen LogP contribution in [0.15, 0.2) is 18.2 Å². The van der Waals surface area contributed by atoms with Crippen molar-refractivity contribution in [2.45, 2.75) is 45.3 Å². The summed E-state index contributed by atoms with van der Waals surface area (Å²) < 4.78 is 0. The molecular weight excluding hydrogens is 279 g/mol. The van der Waals surface area contributed by atoms with E-state index in [1.54, 1.807) is 0 Å². The van der Waals surface area contributed by atoms with Crippen LogP contribution in [0.25, 0.3) is 0 Å². The first-order valence-corrected chi connectivity index (χ1v) is 7.77. The van der Waals surface area contributed by atoms with Crippen molar-refractivity contribution in [3.63, 3.8) is 0 Å². The third-order valence-corrected chi connectivity index (χ3v) is 4.39. The fourth-order valence-corrected chi connectivity index (χ4v) is 3.09. The third kappa shape index (κ3) is 4.09. The molecule has 2 nitrogen and oxygen atoms in total. The van der Waals surface area contributed by atoms with Gasteiger partial charge in [-0.25, -0.2) is 0 Å². The minimum absolute atomic E-state index is 0.542. The van der Waals surface area contributed by atoms with E-state index in [9.17, 15) is 0 Å². The lowest BCUT2D eigenvalue weighted by Gasteiger charge is -2.39. The Bertz CT molecular complexity index is 423. The first kappa shape index (κ1) is 15.1. The molecule has 2 rings (SSSR count). The standard InChI is InChI=1S/C15H22Cl2N2/c1-3-4-14-10-19(11(2)8-18-14)9-12-5-6-13(16)7-15(12)17/h5-7,11,14,18H,3-4,8-10H2,1-2H3. The minimum atomic E-state index is 0.542. The van der Waals surface area contributed by atoms with Crippen molar-refractivity contribution in [1.29, 1.82) is 0 Å². The summed E-state index contributed by atoms with van der Waals surface area (Å²) in [5.41, 5.74) is 1.16. The van der Waals surface area contributed by atoms with Crippen LogP contribution >= 0.6 is 23.2 Å². The summed E-state index contributed by atoms with van der Waals surface area (Å²) in [6, 6.07) is 6.93. The fraction of sp³-hybridized carbons (Fsp3) is 0.600. The highest BCUT2D eigenvalue weighted by atomic mass is 35.5. The van der Waals surface area contributed by atoms with E-state index in [-0.39, 0.29) is 0 Å². The highest BCUT2D eigenvalue weighted by Crippen LogP contribution is 2.24. The van der Waals surface area contributed by atoms with Gasteiger partial charge in [-0.05, 0) is 31.0 Å². The maximum absolute atomic E-state index is 6.27. The zero-order valence-electron chi connectivity index (χ0n) is 11.6. The van der Waals surface area contributed by atoms with E-state index in [1.165, 1.54) is 12.8 Å². The molecule has 1 aromatic rings. The Balaban J connectivity index is 2.03. The molecule has 0 amide bonds. The Hall–Kier alpha value is -0.280. The second-order valence-electron chi connectivity index (χ2n) is 5.41. The highest BCUT2D eigenvalue weighted by molar-refractivity contribution is 6.35. The molecule has 2 atom stereocenters. The molecular formula is C15H22Cl2N2. The van der Waals surface area contributed by atoms with Gasteiger partial charge in [-0.3, -0.25) is 4.90 Å². The van der Waals surface area contributed by atoms with Crippen molar-refractivity contribution < 1.29 is 0 Å². The first-order chi connectivity index (χ1) is 9.10. The normalized spacial score (nSPS) is 24.6. The van der Waals surface area contributed by atoms with Crippen LogP contribution < -0.4 is 5.32 Å². The number of hydrogen-bond acceptors (Lipinski definition) is 2. The van der Waals surface area contributed by atoms with E-state index in [2.05, 4.69) is 24.1 Å². The lowest BCUT2D eigenvalue weighted by molar-refractivity contribution is 0.129. The molecule has 4 heteroatoms. The summed E-state index contributed by atoms with van der Waals surface area (Å²) in [7, 11) is 0. The summed E-state index contributed by atoms with van der Waals surface area (Å²) >= 11 is 12.2. The van der Waals surface area contributed by atoms with Gasteiger partial charge < -0.3 is 5.32 Å². The Morgan fingerprint density at radius 1 is 1.37 bits per heavy atom. The predicted octanol–water partition coefficient (Wildman–Crippen LogP) is 3.96.